The van der Waals surface area contributed by atoms with Crippen molar-refractivity contribution in [3.63, 3.8) is 0 Å². The average Bonchev–Trinajstić information content (AvgIpc) is 3.16. The van der Waals surface area contributed by atoms with E-state index >= 15 is 0 Å². The highest BCUT2D eigenvalue weighted by Crippen LogP contribution is 2.29. The Bertz CT molecular complexity index is 428. The summed E-state index contributed by atoms with van der Waals surface area (Å²) in [6.07, 6.45) is 3.86. The normalized spacial score (nSPS) is 31.0. The minimum Gasteiger partial charge on any atom is -0.390 e. The molecule has 0 unspecified atom stereocenters. The fraction of sp³-hybridized carbons (Fsp3) is 0.875. The summed E-state index contributed by atoms with van der Waals surface area (Å²) in [5.74, 6) is 0.534. The fourth-order valence-electron chi connectivity index (χ4n) is 4.11. The lowest BCUT2D eigenvalue weighted by atomic mass is 10.1. The minimum absolute atomic E-state index is 0.0273. The Hall–Kier alpha value is -1.14. The predicted octanol–water partition coefficient (Wildman–Crippen LogP) is -0.0876. The summed E-state index contributed by atoms with van der Waals surface area (Å²) in [6, 6.07) is 0.0273. The van der Waals surface area contributed by atoms with E-state index in [9.17, 15) is 14.7 Å². The van der Waals surface area contributed by atoms with Crippen molar-refractivity contribution in [1.29, 1.82) is 0 Å². The van der Waals surface area contributed by atoms with E-state index in [0.29, 0.717) is 13.1 Å². The molecule has 0 aromatic heterocycles. The number of nitrogens with zero attached hydrogens (tertiary/aromatic N) is 3. The molecule has 2 heterocycles. The SMILES string of the molecule is CC(=O)N1CCN([C@@H]2CN(C(=O)C3CCCC3)C[C@H]2O)CC1. The summed E-state index contributed by atoms with van der Waals surface area (Å²) in [6.45, 7) is 5.70. The minimum atomic E-state index is -0.464. The first-order chi connectivity index (χ1) is 10.6. The van der Waals surface area contributed by atoms with Gasteiger partial charge in [-0.3, -0.25) is 14.5 Å². The molecule has 124 valence electrons. The van der Waals surface area contributed by atoms with Crippen LogP contribution in [0.2, 0.25) is 0 Å². The number of hydrogen-bond acceptors (Lipinski definition) is 4. The predicted molar refractivity (Wildman–Crippen MR) is 82.2 cm³/mol. The molecule has 0 aromatic carbocycles. The van der Waals surface area contributed by atoms with Gasteiger partial charge in [-0.05, 0) is 12.8 Å². The number of rotatable bonds is 2. The van der Waals surface area contributed by atoms with Gasteiger partial charge >= 0.3 is 0 Å². The van der Waals surface area contributed by atoms with Crippen molar-refractivity contribution in [1.82, 2.24) is 14.7 Å². The summed E-state index contributed by atoms with van der Waals surface area (Å²) in [4.78, 5) is 29.8. The highest BCUT2D eigenvalue weighted by molar-refractivity contribution is 5.79. The van der Waals surface area contributed by atoms with Gasteiger partial charge in [-0.2, -0.15) is 0 Å². The molecule has 3 rings (SSSR count). The molecule has 6 nitrogen and oxygen atoms in total. The van der Waals surface area contributed by atoms with Gasteiger partial charge in [-0.25, -0.2) is 0 Å². The standard InChI is InChI=1S/C16H27N3O3/c1-12(20)17-6-8-18(9-7-17)14-10-19(11-15(14)21)16(22)13-4-2-3-5-13/h13-15,21H,2-11H2,1H3/t14-,15-/m1/s1. The van der Waals surface area contributed by atoms with Crippen LogP contribution in [0.4, 0.5) is 0 Å². The zero-order valence-corrected chi connectivity index (χ0v) is 13.4. The van der Waals surface area contributed by atoms with Gasteiger partial charge in [-0.1, -0.05) is 12.8 Å². The molecule has 22 heavy (non-hydrogen) atoms. The Morgan fingerprint density at radius 3 is 2.18 bits per heavy atom. The second kappa shape index (κ2) is 6.54. The maximum absolute atomic E-state index is 12.5. The number of hydrogen-bond donors (Lipinski definition) is 1. The lowest BCUT2D eigenvalue weighted by Gasteiger charge is -2.38. The van der Waals surface area contributed by atoms with Crippen LogP contribution in [0.3, 0.4) is 0 Å². The molecule has 0 radical (unpaired) electrons. The van der Waals surface area contributed by atoms with Crippen molar-refractivity contribution in [2.45, 2.75) is 44.8 Å². The highest BCUT2D eigenvalue weighted by atomic mass is 16.3. The molecule has 0 bridgehead atoms. The van der Waals surface area contributed by atoms with Gasteiger partial charge in [0.05, 0.1) is 12.1 Å². The van der Waals surface area contributed by atoms with Crippen molar-refractivity contribution in [2.75, 3.05) is 39.3 Å². The van der Waals surface area contributed by atoms with Crippen molar-refractivity contribution in [2.24, 2.45) is 5.92 Å². The molecule has 0 spiro atoms. The lowest BCUT2D eigenvalue weighted by Crippen LogP contribution is -2.54. The first-order valence-corrected chi connectivity index (χ1v) is 8.52. The quantitative estimate of drug-likeness (QED) is 0.774. The molecule has 3 fully saturated rings. The Balaban J connectivity index is 1.55. The van der Waals surface area contributed by atoms with Crippen LogP contribution in [0.15, 0.2) is 0 Å². The van der Waals surface area contributed by atoms with Crippen LogP contribution >= 0.6 is 0 Å². The van der Waals surface area contributed by atoms with E-state index in [-0.39, 0.29) is 23.8 Å². The maximum atomic E-state index is 12.5. The van der Waals surface area contributed by atoms with Crippen LogP contribution in [0.1, 0.15) is 32.6 Å². The fourth-order valence-corrected chi connectivity index (χ4v) is 4.11. The van der Waals surface area contributed by atoms with Gasteiger partial charge in [0.25, 0.3) is 0 Å². The summed E-state index contributed by atoms with van der Waals surface area (Å²) in [5, 5.41) is 10.4. The Kier molecular flexibility index (Phi) is 4.68. The highest BCUT2D eigenvalue weighted by Gasteiger charge is 2.40. The molecule has 1 saturated carbocycles. The van der Waals surface area contributed by atoms with Gasteiger partial charge in [0.2, 0.25) is 11.8 Å². The average molecular weight is 309 g/mol. The Morgan fingerprint density at radius 2 is 1.59 bits per heavy atom. The van der Waals surface area contributed by atoms with E-state index in [1.165, 1.54) is 0 Å². The third-order valence-corrected chi connectivity index (χ3v) is 5.50. The zero-order chi connectivity index (χ0) is 15.7. The summed E-state index contributed by atoms with van der Waals surface area (Å²) >= 11 is 0. The van der Waals surface area contributed by atoms with Gasteiger partial charge < -0.3 is 14.9 Å². The molecule has 0 aromatic rings. The monoisotopic (exact) mass is 309 g/mol. The Labute approximate surface area is 132 Å². The van der Waals surface area contributed by atoms with Crippen molar-refractivity contribution >= 4 is 11.8 Å². The number of carbonyl (C=O) groups excluding carboxylic acids is 2. The first kappa shape index (κ1) is 15.7. The number of likely N-dealkylation sites (tertiary alicyclic amines) is 1. The first-order valence-electron chi connectivity index (χ1n) is 8.52. The van der Waals surface area contributed by atoms with Crippen LogP contribution in [0, 0.1) is 5.92 Å². The van der Waals surface area contributed by atoms with Crippen LogP contribution < -0.4 is 0 Å². The molecule has 2 amide bonds. The van der Waals surface area contributed by atoms with Gasteiger partial charge in [0, 0.05) is 52.1 Å². The zero-order valence-electron chi connectivity index (χ0n) is 13.4. The molecule has 2 saturated heterocycles. The number of carbonyl (C=O) groups is 2. The smallest absolute Gasteiger partial charge is 0.225 e. The number of piperazine rings is 1. The molecule has 1 N–H and O–H groups in total. The van der Waals surface area contributed by atoms with E-state index in [1.807, 2.05) is 9.80 Å². The van der Waals surface area contributed by atoms with E-state index in [2.05, 4.69) is 4.90 Å². The Morgan fingerprint density at radius 1 is 0.955 bits per heavy atom. The summed E-state index contributed by atoms with van der Waals surface area (Å²) < 4.78 is 0. The lowest BCUT2D eigenvalue weighted by molar-refractivity contribution is -0.134. The second-order valence-electron chi connectivity index (χ2n) is 6.90. The molecule has 2 aliphatic heterocycles. The topological polar surface area (TPSA) is 64.1 Å². The number of aliphatic hydroxyl groups is 1. The summed E-state index contributed by atoms with van der Waals surface area (Å²) in [7, 11) is 0. The number of β-amino-alcohol motifs (C(OH)–C–C–N with tert-alkyl or cyclic N) is 1. The molecule has 1 aliphatic carbocycles. The van der Waals surface area contributed by atoms with Crippen LogP contribution in [0.25, 0.3) is 0 Å². The van der Waals surface area contributed by atoms with Crippen LogP contribution in [-0.2, 0) is 9.59 Å². The maximum Gasteiger partial charge on any atom is 0.225 e. The van der Waals surface area contributed by atoms with Crippen LogP contribution in [0.5, 0.6) is 0 Å². The number of amides is 2. The molecular formula is C16H27N3O3. The van der Waals surface area contributed by atoms with Gasteiger partial charge in [0.1, 0.15) is 0 Å². The van der Waals surface area contributed by atoms with Gasteiger partial charge in [0.15, 0.2) is 0 Å². The third-order valence-electron chi connectivity index (χ3n) is 5.50. The molecule has 3 aliphatic rings. The van der Waals surface area contributed by atoms with E-state index < -0.39 is 6.10 Å². The van der Waals surface area contributed by atoms with Crippen molar-refractivity contribution in [3.05, 3.63) is 0 Å². The molecule has 6 heteroatoms. The van der Waals surface area contributed by atoms with Crippen LogP contribution in [-0.4, -0.2) is 83.0 Å². The molecule has 2 atom stereocenters. The second-order valence-corrected chi connectivity index (χ2v) is 6.90. The number of aliphatic hydroxyl groups excluding tert-OH is 1. The largest absolute Gasteiger partial charge is 0.390 e. The molecular weight excluding hydrogens is 282 g/mol. The van der Waals surface area contributed by atoms with Gasteiger partial charge in [-0.15, -0.1) is 0 Å². The third kappa shape index (κ3) is 3.13. The van der Waals surface area contributed by atoms with E-state index in [0.717, 1.165) is 51.9 Å². The van der Waals surface area contributed by atoms with E-state index in [4.69, 9.17) is 0 Å². The van der Waals surface area contributed by atoms with E-state index in [1.54, 1.807) is 6.92 Å². The van der Waals surface area contributed by atoms with Crippen molar-refractivity contribution in [3.8, 4) is 0 Å². The van der Waals surface area contributed by atoms with Crippen molar-refractivity contribution < 1.29 is 14.7 Å². The summed E-state index contributed by atoms with van der Waals surface area (Å²) in [5.41, 5.74) is 0.